The van der Waals surface area contributed by atoms with Crippen LogP contribution in [-0.2, 0) is 0 Å². The number of hydrogen-bond acceptors (Lipinski definition) is 3. The van der Waals surface area contributed by atoms with E-state index in [-0.39, 0.29) is 5.69 Å². The highest BCUT2D eigenvalue weighted by molar-refractivity contribution is 5.47. The number of nitrogens with zero attached hydrogens (tertiary/aromatic N) is 1. The minimum Gasteiger partial charge on any atom is -0.330 e. The topological polar surface area (TPSA) is 69.2 Å². The Bertz CT molecular complexity index is 430. The molecular weight excluding hydrogens is 192 g/mol. The highest BCUT2D eigenvalue weighted by Crippen LogP contribution is 2.18. The van der Waals surface area contributed by atoms with E-state index in [2.05, 4.69) is 11.8 Å². The molecule has 1 rings (SSSR count). The maximum absolute atomic E-state index is 10.5. The molecule has 0 atom stereocenters. The second-order valence-electron chi connectivity index (χ2n) is 3.10. The number of hydrogen-bond donors (Lipinski definition) is 1. The zero-order chi connectivity index (χ0) is 11.3. The highest BCUT2D eigenvalue weighted by Gasteiger charge is 2.08. The third-order valence-electron chi connectivity index (χ3n) is 1.90. The van der Waals surface area contributed by atoms with E-state index >= 15 is 0 Å². The quantitative estimate of drug-likeness (QED) is 0.452. The zero-order valence-corrected chi connectivity index (χ0v) is 8.49. The maximum Gasteiger partial charge on any atom is 0.272 e. The zero-order valence-electron chi connectivity index (χ0n) is 8.49. The summed E-state index contributed by atoms with van der Waals surface area (Å²) in [5, 5.41) is 10.5. The molecule has 0 aliphatic heterocycles. The van der Waals surface area contributed by atoms with Crippen molar-refractivity contribution in [3.05, 3.63) is 39.4 Å². The van der Waals surface area contributed by atoms with E-state index in [1.54, 1.807) is 19.1 Å². The summed E-state index contributed by atoms with van der Waals surface area (Å²) in [6, 6.07) is 4.83. The van der Waals surface area contributed by atoms with Gasteiger partial charge in [0, 0.05) is 30.2 Å². The number of nitrogens with two attached hydrogens (primary N) is 1. The first kappa shape index (κ1) is 11.2. The monoisotopic (exact) mass is 204 g/mol. The molecule has 0 bridgehead atoms. The molecule has 0 aromatic heterocycles. The number of nitro benzene ring substituents is 1. The molecule has 0 heterocycles. The Hall–Kier alpha value is -1.86. The van der Waals surface area contributed by atoms with Crippen molar-refractivity contribution in [2.75, 3.05) is 6.54 Å². The van der Waals surface area contributed by atoms with Crippen LogP contribution in [0.2, 0.25) is 0 Å². The fourth-order valence-electron chi connectivity index (χ4n) is 1.17. The number of rotatable bonds is 2. The Labute approximate surface area is 88.2 Å². The average Bonchev–Trinajstić information content (AvgIpc) is 2.17. The molecule has 4 heteroatoms. The van der Waals surface area contributed by atoms with Gasteiger partial charge in [-0.25, -0.2) is 0 Å². The lowest BCUT2D eigenvalue weighted by molar-refractivity contribution is -0.385. The van der Waals surface area contributed by atoms with Crippen molar-refractivity contribution in [1.29, 1.82) is 0 Å². The van der Waals surface area contributed by atoms with Crippen molar-refractivity contribution in [3.63, 3.8) is 0 Å². The standard InChI is InChI=1S/C11H12N2O2/c1-9-8-10(4-2-3-7-12)5-6-11(9)13(14)15/h5-6,8H,3,7,12H2,1H3. The normalized spacial score (nSPS) is 9.20. The van der Waals surface area contributed by atoms with Crippen LogP contribution in [-0.4, -0.2) is 11.5 Å². The van der Waals surface area contributed by atoms with Gasteiger partial charge in [0.15, 0.2) is 0 Å². The minimum absolute atomic E-state index is 0.124. The van der Waals surface area contributed by atoms with Gasteiger partial charge in [-0.1, -0.05) is 11.8 Å². The van der Waals surface area contributed by atoms with Crippen molar-refractivity contribution in [2.24, 2.45) is 5.73 Å². The Morgan fingerprint density at radius 3 is 2.80 bits per heavy atom. The molecule has 0 fully saturated rings. The summed E-state index contributed by atoms with van der Waals surface area (Å²) in [5.74, 6) is 5.78. The summed E-state index contributed by atoms with van der Waals surface area (Å²) < 4.78 is 0. The van der Waals surface area contributed by atoms with Gasteiger partial charge in [0.2, 0.25) is 0 Å². The first-order valence-electron chi connectivity index (χ1n) is 4.59. The Kier molecular flexibility index (Phi) is 3.83. The maximum atomic E-state index is 10.5. The summed E-state index contributed by atoms with van der Waals surface area (Å²) >= 11 is 0. The summed E-state index contributed by atoms with van der Waals surface area (Å²) in [5.41, 5.74) is 6.83. The molecule has 1 aromatic rings. The molecule has 0 radical (unpaired) electrons. The van der Waals surface area contributed by atoms with Crippen LogP contribution in [0.5, 0.6) is 0 Å². The Balaban J connectivity index is 2.93. The molecule has 78 valence electrons. The minimum atomic E-state index is -0.396. The Morgan fingerprint density at radius 1 is 1.53 bits per heavy atom. The van der Waals surface area contributed by atoms with E-state index in [0.29, 0.717) is 18.5 Å². The van der Waals surface area contributed by atoms with E-state index in [1.807, 2.05) is 0 Å². The molecule has 0 aliphatic rings. The van der Waals surface area contributed by atoms with Gasteiger partial charge < -0.3 is 5.73 Å². The van der Waals surface area contributed by atoms with Crippen molar-refractivity contribution in [3.8, 4) is 11.8 Å². The van der Waals surface area contributed by atoms with E-state index in [0.717, 1.165) is 5.56 Å². The molecule has 0 unspecified atom stereocenters. The fraction of sp³-hybridized carbons (Fsp3) is 0.273. The summed E-state index contributed by atoms with van der Waals surface area (Å²) in [6.45, 7) is 2.23. The van der Waals surface area contributed by atoms with Gasteiger partial charge >= 0.3 is 0 Å². The van der Waals surface area contributed by atoms with Gasteiger partial charge in [-0.05, 0) is 19.1 Å². The third-order valence-corrected chi connectivity index (χ3v) is 1.90. The summed E-state index contributed by atoms with van der Waals surface area (Å²) in [6.07, 6.45) is 0.635. The third kappa shape index (κ3) is 3.08. The lowest BCUT2D eigenvalue weighted by Crippen LogP contribution is -1.95. The van der Waals surface area contributed by atoms with Crippen molar-refractivity contribution < 1.29 is 4.92 Å². The predicted molar refractivity (Wildman–Crippen MR) is 58.4 cm³/mol. The van der Waals surface area contributed by atoms with Gasteiger partial charge in [-0.3, -0.25) is 10.1 Å². The van der Waals surface area contributed by atoms with Crippen molar-refractivity contribution >= 4 is 5.69 Å². The van der Waals surface area contributed by atoms with Gasteiger partial charge in [-0.15, -0.1) is 0 Å². The van der Waals surface area contributed by atoms with Crippen LogP contribution in [0, 0.1) is 28.9 Å². The van der Waals surface area contributed by atoms with E-state index in [4.69, 9.17) is 5.73 Å². The number of nitro groups is 1. The summed E-state index contributed by atoms with van der Waals surface area (Å²) in [4.78, 5) is 10.2. The van der Waals surface area contributed by atoms with Crippen LogP contribution in [0.1, 0.15) is 17.5 Å². The van der Waals surface area contributed by atoms with Crippen LogP contribution < -0.4 is 5.73 Å². The fourth-order valence-corrected chi connectivity index (χ4v) is 1.17. The number of benzene rings is 1. The molecule has 1 aromatic carbocycles. The van der Waals surface area contributed by atoms with Gasteiger partial charge in [0.25, 0.3) is 5.69 Å². The van der Waals surface area contributed by atoms with Crippen LogP contribution in [0.4, 0.5) is 5.69 Å². The van der Waals surface area contributed by atoms with Gasteiger partial charge in [0.1, 0.15) is 0 Å². The lowest BCUT2D eigenvalue weighted by Gasteiger charge is -1.96. The van der Waals surface area contributed by atoms with Gasteiger partial charge in [0.05, 0.1) is 4.92 Å². The largest absolute Gasteiger partial charge is 0.330 e. The predicted octanol–water partition coefficient (Wildman–Crippen LogP) is 1.60. The second kappa shape index (κ2) is 5.13. The van der Waals surface area contributed by atoms with E-state index in [9.17, 15) is 10.1 Å². The molecular formula is C11H12N2O2. The molecule has 0 spiro atoms. The van der Waals surface area contributed by atoms with Crippen molar-refractivity contribution in [1.82, 2.24) is 0 Å². The molecule has 0 saturated carbocycles. The average molecular weight is 204 g/mol. The molecule has 15 heavy (non-hydrogen) atoms. The SMILES string of the molecule is Cc1cc(C#CCCN)ccc1[N+](=O)[O-]. The highest BCUT2D eigenvalue weighted by atomic mass is 16.6. The van der Waals surface area contributed by atoms with Crippen LogP contribution in [0.25, 0.3) is 0 Å². The molecule has 2 N–H and O–H groups in total. The molecule has 0 saturated heterocycles. The molecule has 0 aliphatic carbocycles. The van der Waals surface area contributed by atoms with E-state index < -0.39 is 4.92 Å². The Morgan fingerprint density at radius 2 is 2.27 bits per heavy atom. The molecule has 0 amide bonds. The van der Waals surface area contributed by atoms with Crippen LogP contribution >= 0.6 is 0 Å². The second-order valence-corrected chi connectivity index (χ2v) is 3.10. The first-order chi connectivity index (χ1) is 7.15. The van der Waals surface area contributed by atoms with E-state index in [1.165, 1.54) is 6.07 Å². The summed E-state index contributed by atoms with van der Waals surface area (Å²) in [7, 11) is 0. The molecule has 4 nitrogen and oxygen atoms in total. The van der Waals surface area contributed by atoms with Gasteiger partial charge in [-0.2, -0.15) is 0 Å². The first-order valence-corrected chi connectivity index (χ1v) is 4.59. The van der Waals surface area contributed by atoms with Crippen LogP contribution in [0.3, 0.4) is 0 Å². The van der Waals surface area contributed by atoms with Crippen LogP contribution in [0.15, 0.2) is 18.2 Å². The smallest absolute Gasteiger partial charge is 0.272 e. The van der Waals surface area contributed by atoms with Crippen molar-refractivity contribution in [2.45, 2.75) is 13.3 Å². The number of aryl methyl sites for hydroxylation is 1. The lowest BCUT2D eigenvalue weighted by atomic mass is 10.1.